The number of fused-ring (bicyclic) bond motifs is 1. The number of allylic oxidation sites excluding steroid dienone is 2. The van der Waals surface area contributed by atoms with E-state index < -0.39 is 34.4 Å². The van der Waals surface area contributed by atoms with Crippen LogP contribution < -0.4 is 15.8 Å². The minimum atomic E-state index is -1.26. The fourth-order valence-electron chi connectivity index (χ4n) is 7.09. The number of nitrogens with two attached hydrogens (primary N) is 1. The molecule has 0 radical (unpaired) electrons. The number of aliphatic hydroxyl groups excluding tert-OH is 1. The first-order valence-electron chi connectivity index (χ1n) is 15.9. The van der Waals surface area contributed by atoms with Crippen LogP contribution in [0.1, 0.15) is 63.9 Å². The van der Waals surface area contributed by atoms with Gasteiger partial charge in [-0.3, -0.25) is 10.1 Å². The molecule has 1 heterocycles. The third kappa shape index (κ3) is 7.47. The molecule has 0 bridgehead atoms. The predicted molar refractivity (Wildman–Crippen MR) is 177 cm³/mol. The Labute approximate surface area is 273 Å². The maximum Gasteiger partial charge on any atom is 0.336 e. The van der Waals surface area contributed by atoms with Gasteiger partial charge in [-0.2, -0.15) is 0 Å². The first-order chi connectivity index (χ1) is 22.5. The molecule has 0 saturated heterocycles. The Hall–Kier alpha value is -4.74. The number of nitro benzene ring substituents is 1. The standard InChI is InChI=1S/C36H41N3O8/c1-22-31(34(41)42)33(25-11-7-14-27(19-25)39(44)45)32(23(2)38-22)35(43)46-18-17-36(37,26-12-4-5-13-26)20-28(40)21-47-30-16-8-10-24-9-3-6-15-29(24)30/h3,6-11,14-16,19,26,28,33,38,40H,4-5,12-13,17-18,20-21,37H2,1-2H3,(H,41,42). The van der Waals surface area contributed by atoms with Crippen molar-refractivity contribution in [2.75, 3.05) is 13.2 Å². The van der Waals surface area contributed by atoms with Crippen molar-refractivity contribution in [3.63, 3.8) is 0 Å². The lowest BCUT2D eigenvalue weighted by Gasteiger charge is -2.37. The number of carboxylic acid groups (broad SMARTS) is 1. The number of nitrogens with zero attached hydrogens (tertiary/aromatic N) is 1. The molecule has 1 aliphatic heterocycles. The molecular weight excluding hydrogens is 602 g/mol. The van der Waals surface area contributed by atoms with E-state index >= 15 is 0 Å². The summed E-state index contributed by atoms with van der Waals surface area (Å²) in [6.45, 7) is 3.21. The number of carbonyl (C=O) groups excluding carboxylic acids is 1. The molecule has 1 aliphatic carbocycles. The smallest absolute Gasteiger partial charge is 0.336 e. The van der Waals surface area contributed by atoms with E-state index in [4.69, 9.17) is 15.2 Å². The number of nitrogens with one attached hydrogen (secondary N) is 1. The molecule has 3 aromatic carbocycles. The van der Waals surface area contributed by atoms with Gasteiger partial charge in [0.1, 0.15) is 12.4 Å². The summed E-state index contributed by atoms with van der Waals surface area (Å²) in [6.07, 6.45) is 3.50. The minimum Gasteiger partial charge on any atom is -0.490 e. The lowest BCUT2D eigenvalue weighted by molar-refractivity contribution is -0.384. The molecule has 3 unspecified atom stereocenters. The Morgan fingerprint density at radius 1 is 1.04 bits per heavy atom. The van der Waals surface area contributed by atoms with Crippen LogP contribution in [0.2, 0.25) is 0 Å². The molecule has 0 aromatic heterocycles. The topological polar surface area (TPSA) is 174 Å². The molecule has 11 heteroatoms. The number of rotatable bonds is 13. The summed E-state index contributed by atoms with van der Waals surface area (Å²) in [7, 11) is 0. The SMILES string of the molecule is CC1=C(C(=O)O)C(c2cccc([N+](=O)[O-])c2)C(C(=O)OCCC(N)(CC(O)COc2cccc3ccccc23)C2CCCC2)=C(C)N1. The number of ether oxygens (including phenoxy) is 2. The second-order valence-corrected chi connectivity index (χ2v) is 12.5. The predicted octanol–water partition coefficient (Wildman–Crippen LogP) is 5.72. The fraction of sp³-hybridized carbons (Fsp3) is 0.389. The molecule has 2 aliphatic rings. The molecule has 3 aromatic rings. The van der Waals surface area contributed by atoms with Gasteiger partial charge in [-0.1, -0.05) is 61.4 Å². The summed E-state index contributed by atoms with van der Waals surface area (Å²) < 4.78 is 11.8. The summed E-state index contributed by atoms with van der Waals surface area (Å²) in [4.78, 5) is 37.0. The van der Waals surface area contributed by atoms with E-state index in [0.29, 0.717) is 17.1 Å². The lowest BCUT2D eigenvalue weighted by Crippen LogP contribution is -2.50. The van der Waals surface area contributed by atoms with Crippen molar-refractivity contribution < 1.29 is 34.2 Å². The van der Waals surface area contributed by atoms with Crippen LogP contribution in [0.15, 0.2) is 89.3 Å². The van der Waals surface area contributed by atoms with Crippen molar-refractivity contribution in [3.05, 3.63) is 105 Å². The number of non-ortho nitro benzene ring substituents is 1. The number of dihydropyridines is 1. The van der Waals surface area contributed by atoms with Gasteiger partial charge in [-0.05, 0) is 62.5 Å². The number of carboxylic acids is 1. The molecule has 0 spiro atoms. The number of aliphatic hydroxyl groups is 1. The number of nitro groups is 1. The number of carbonyl (C=O) groups is 2. The number of hydrogen-bond acceptors (Lipinski definition) is 9. The number of esters is 1. The summed E-state index contributed by atoms with van der Waals surface area (Å²) >= 11 is 0. The highest BCUT2D eigenvalue weighted by atomic mass is 16.6. The molecule has 11 nitrogen and oxygen atoms in total. The number of benzene rings is 3. The first kappa shape index (κ1) is 33.6. The van der Waals surface area contributed by atoms with Crippen molar-refractivity contribution in [3.8, 4) is 5.75 Å². The maximum atomic E-state index is 13.7. The Morgan fingerprint density at radius 2 is 1.72 bits per heavy atom. The molecule has 0 amide bonds. The zero-order valence-electron chi connectivity index (χ0n) is 26.6. The maximum absolute atomic E-state index is 13.7. The van der Waals surface area contributed by atoms with Gasteiger partial charge >= 0.3 is 11.9 Å². The second-order valence-electron chi connectivity index (χ2n) is 12.5. The molecule has 5 N–H and O–H groups in total. The normalized spacial score (nSPS) is 18.9. The zero-order chi connectivity index (χ0) is 33.7. The van der Waals surface area contributed by atoms with Gasteiger partial charge in [-0.15, -0.1) is 0 Å². The van der Waals surface area contributed by atoms with Gasteiger partial charge in [0, 0.05) is 34.5 Å². The Bertz CT molecular complexity index is 1720. The van der Waals surface area contributed by atoms with Crippen LogP contribution in [-0.4, -0.2) is 51.9 Å². The summed E-state index contributed by atoms with van der Waals surface area (Å²) in [5.74, 6) is -2.30. The molecule has 5 rings (SSSR count). The Balaban J connectivity index is 1.30. The van der Waals surface area contributed by atoms with E-state index in [1.54, 1.807) is 19.9 Å². The van der Waals surface area contributed by atoms with E-state index in [0.717, 1.165) is 36.5 Å². The van der Waals surface area contributed by atoms with Crippen LogP contribution in [0.3, 0.4) is 0 Å². The average molecular weight is 644 g/mol. The third-order valence-corrected chi connectivity index (χ3v) is 9.39. The van der Waals surface area contributed by atoms with Crippen molar-refractivity contribution in [2.45, 2.75) is 69.9 Å². The van der Waals surface area contributed by atoms with Crippen LogP contribution in [0, 0.1) is 16.0 Å². The van der Waals surface area contributed by atoms with E-state index in [2.05, 4.69) is 5.32 Å². The lowest BCUT2D eigenvalue weighted by atomic mass is 9.77. The highest BCUT2D eigenvalue weighted by Gasteiger charge is 2.40. The summed E-state index contributed by atoms with van der Waals surface area (Å²) in [5.41, 5.74) is 6.92. The third-order valence-electron chi connectivity index (χ3n) is 9.39. The summed E-state index contributed by atoms with van der Waals surface area (Å²) in [6, 6.07) is 19.2. The largest absolute Gasteiger partial charge is 0.490 e. The van der Waals surface area contributed by atoms with Crippen molar-refractivity contribution in [1.82, 2.24) is 5.32 Å². The molecule has 3 atom stereocenters. The van der Waals surface area contributed by atoms with Gasteiger partial charge in [0.2, 0.25) is 0 Å². The van der Waals surface area contributed by atoms with E-state index in [1.165, 1.54) is 18.2 Å². The van der Waals surface area contributed by atoms with Crippen molar-refractivity contribution >= 4 is 28.4 Å². The van der Waals surface area contributed by atoms with Crippen molar-refractivity contribution in [2.24, 2.45) is 11.7 Å². The van der Waals surface area contributed by atoms with Crippen LogP contribution in [0.5, 0.6) is 5.75 Å². The summed E-state index contributed by atoms with van der Waals surface area (Å²) in [5, 5.41) is 37.7. The van der Waals surface area contributed by atoms with Gasteiger partial charge in [0.15, 0.2) is 0 Å². The fourth-order valence-corrected chi connectivity index (χ4v) is 7.09. The van der Waals surface area contributed by atoms with Crippen LogP contribution in [0.4, 0.5) is 5.69 Å². The quantitative estimate of drug-likeness (QED) is 0.102. The van der Waals surface area contributed by atoms with E-state index in [-0.39, 0.29) is 54.4 Å². The Kier molecular flexibility index (Phi) is 10.3. The molecule has 248 valence electrons. The van der Waals surface area contributed by atoms with Gasteiger partial charge < -0.3 is 30.7 Å². The Morgan fingerprint density at radius 3 is 2.45 bits per heavy atom. The molecule has 1 saturated carbocycles. The highest BCUT2D eigenvalue weighted by molar-refractivity contribution is 5.99. The molecule has 47 heavy (non-hydrogen) atoms. The second kappa shape index (κ2) is 14.4. The van der Waals surface area contributed by atoms with E-state index in [9.17, 15) is 29.9 Å². The first-order valence-corrected chi connectivity index (χ1v) is 15.9. The van der Waals surface area contributed by atoms with Gasteiger partial charge in [0.05, 0.1) is 34.7 Å². The molecular formula is C36H41N3O8. The van der Waals surface area contributed by atoms with Crippen LogP contribution in [0.25, 0.3) is 10.8 Å². The zero-order valence-corrected chi connectivity index (χ0v) is 26.6. The average Bonchev–Trinajstić information content (AvgIpc) is 3.59. The number of aliphatic carboxylic acids is 1. The molecule has 1 fully saturated rings. The van der Waals surface area contributed by atoms with Gasteiger partial charge in [0.25, 0.3) is 5.69 Å². The van der Waals surface area contributed by atoms with E-state index in [1.807, 2.05) is 42.5 Å². The van der Waals surface area contributed by atoms with Crippen LogP contribution >= 0.6 is 0 Å². The minimum absolute atomic E-state index is 0.0474. The van der Waals surface area contributed by atoms with Gasteiger partial charge in [-0.25, -0.2) is 9.59 Å². The monoisotopic (exact) mass is 643 g/mol. The van der Waals surface area contributed by atoms with Crippen molar-refractivity contribution in [1.29, 1.82) is 0 Å². The number of hydrogen-bond donors (Lipinski definition) is 4. The highest BCUT2D eigenvalue weighted by Crippen LogP contribution is 2.41. The van der Waals surface area contributed by atoms with Crippen LogP contribution in [-0.2, 0) is 14.3 Å².